The Morgan fingerprint density at radius 1 is 1.07 bits per heavy atom. The van der Waals surface area contributed by atoms with Crippen LogP contribution in [0, 0.1) is 0 Å². The number of hydrogen-bond acceptors (Lipinski definition) is 5. The van der Waals surface area contributed by atoms with E-state index in [0.717, 1.165) is 48.2 Å². The van der Waals surface area contributed by atoms with Crippen molar-refractivity contribution in [1.82, 2.24) is 20.9 Å². The van der Waals surface area contributed by atoms with Gasteiger partial charge in [-0.3, -0.25) is 9.79 Å². The van der Waals surface area contributed by atoms with E-state index < -0.39 is 0 Å². The topological polar surface area (TPSA) is 90.4 Å². The molecule has 0 bridgehead atoms. The Morgan fingerprint density at radius 3 is 2.69 bits per heavy atom. The Bertz CT molecular complexity index is 951. The molecule has 0 radical (unpaired) electrons. The number of carbonyl (C=O) groups is 1. The van der Waals surface area contributed by atoms with Crippen molar-refractivity contribution >= 4 is 38.6 Å². The number of guanidine groups is 1. The molecule has 0 aliphatic rings. The number of carbonyl (C=O) groups excluding carboxylic acids is 1. The van der Waals surface area contributed by atoms with Gasteiger partial charge in [0.05, 0.1) is 10.2 Å². The Balaban J connectivity index is 1.39. The van der Waals surface area contributed by atoms with Gasteiger partial charge in [-0.1, -0.05) is 35.6 Å². The first kappa shape index (κ1) is 20.6. The number of thiazole rings is 1. The van der Waals surface area contributed by atoms with Crippen molar-refractivity contribution in [1.29, 1.82) is 0 Å². The summed E-state index contributed by atoms with van der Waals surface area (Å²) in [5.74, 6) is 0.677. The van der Waals surface area contributed by atoms with Crippen molar-refractivity contribution in [3.05, 3.63) is 59.7 Å². The lowest BCUT2D eigenvalue weighted by Gasteiger charge is -2.12. The number of benzene rings is 2. The van der Waals surface area contributed by atoms with E-state index in [4.69, 9.17) is 0 Å². The maximum Gasteiger partial charge on any atom is 0.251 e. The van der Waals surface area contributed by atoms with E-state index in [9.17, 15) is 4.79 Å². The molecule has 0 atom stereocenters. The number of aliphatic imine (C=N–C) groups is 1. The van der Waals surface area contributed by atoms with Gasteiger partial charge in [-0.05, 0) is 36.2 Å². The number of aromatic nitrogens is 1. The first-order valence-corrected chi connectivity index (χ1v) is 10.4. The van der Waals surface area contributed by atoms with Crippen LogP contribution in [0.25, 0.3) is 10.2 Å². The smallest absolute Gasteiger partial charge is 0.251 e. The second-order valence-electron chi connectivity index (χ2n) is 6.37. The van der Waals surface area contributed by atoms with Gasteiger partial charge >= 0.3 is 0 Å². The Kier molecular flexibility index (Phi) is 7.40. The molecule has 1 aromatic heterocycles. The molecule has 3 aromatic rings. The van der Waals surface area contributed by atoms with Crippen LogP contribution in [0.2, 0.25) is 0 Å². The molecule has 0 saturated heterocycles. The minimum atomic E-state index is -0.0714. The van der Waals surface area contributed by atoms with Crippen LogP contribution < -0.4 is 21.3 Å². The lowest BCUT2D eigenvalue weighted by atomic mass is 10.1. The predicted molar refractivity (Wildman–Crippen MR) is 121 cm³/mol. The van der Waals surface area contributed by atoms with Crippen LogP contribution in [-0.4, -0.2) is 50.6 Å². The summed E-state index contributed by atoms with van der Waals surface area (Å²) in [5, 5.41) is 13.5. The molecule has 1 heterocycles. The van der Waals surface area contributed by atoms with Crippen LogP contribution in [0.4, 0.5) is 5.13 Å². The Labute approximate surface area is 174 Å². The number of nitrogens with one attached hydrogen (secondary N) is 4. The quantitative estimate of drug-likeness (QED) is 0.260. The predicted octanol–water partition coefficient (Wildman–Crippen LogP) is 2.48. The fourth-order valence-electron chi connectivity index (χ4n) is 2.86. The second-order valence-corrected chi connectivity index (χ2v) is 7.40. The Morgan fingerprint density at radius 2 is 1.90 bits per heavy atom. The lowest BCUT2D eigenvalue weighted by molar-refractivity contribution is 0.0963. The molecule has 0 aliphatic heterocycles. The highest BCUT2D eigenvalue weighted by Crippen LogP contribution is 2.24. The van der Waals surface area contributed by atoms with Gasteiger partial charge < -0.3 is 21.3 Å². The van der Waals surface area contributed by atoms with Gasteiger partial charge in [0, 0.05) is 39.3 Å². The van der Waals surface area contributed by atoms with Crippen molar-refractivity contribution in [2.24, 2.45) is 4.99 Å². The zero-order chi connectivity index (χ0) is 20.5. The molecule has 4 N–H and O–H groups in total. The molecule has 0 unspecified atom stereocenters. The molecule has 0 fully saturated rings. The van der Waals surface area contributed by atoms with Gasteiger partial charge in [-0.25, -0.2) is 4.98 Å². The average molecular weight is 411 g/mol. The van der Waals surface area contributed by atoms with Gasteiger partial charge in [0.15, 0.2) is 11.1 Å². The average Bonchev–Trinajstić information content (AvgIpc) is 3.18. The van der Waals surface area contributed by atoms with Crippen molar-refractivity contribution in [3.8, 4) is 0 Å². The van der Waals surface area contributed by atoms with Gasteiger partial charge in [0.25, 0.3) is 5.91 Å². The molecule has 0 saturated carbocycles. The molecule has 29 heavy (non-hydrogen) atoms. The maximum atomic E-state index is 11.7. The number of nitrogens with zero attached hydrogens (tertiary/aromatic N) is 2. The summed E-state index contributed by atoms with van der Waals surface area (Å²) in [7, 11) is 3.39. The van der Waals surface area contributed by atoms with Crippen LogP contribution >= 0.6 is 11.3 Å². The van der Waals surface area contributed by atoms with Gasteiger partial charge in [0.2, 0.25) is 0 Å². The van der Waals surface area contributed by atoms with E-state index in [-0.39, 0.29) is 5.91 Å². The van der Waals surface area contributed by atoms with E-state index in [1.54, 1.807) is 25.4 Å². The third kappa shape index (κ3) is 5.92. The monoisotopic (exact) mass is 410 g/mol. The number of amides is 1. The lowest BCUT2D eigenvalue weighted by Crippen LogP contribution is -2.40. The molecule has 3 rings (SSSR count). The standard InChI is InChI=1S/C21H26N6OS/c1-22-19(28)16-7-5-6-15(14-16)10-11-24-20(23-2)25-12-13-26-21-27-17-8-3-4-9-18(17)29-21/h3-9,14H,10-13H2,1-2H3,(H,22,28)(H,26,27)(H2,23,24,25). The van der Waals surface area contributed by atoms with E-state index in [2.05, 4.69) is 37.3 Å². The molecule has 0 spiro atoms. The van der Waals surface area contributed by atoms with Gasteiger partial charge in [0.1, 0.15) is 0 Å². The van der Waals surface area contributed by atoms with Crippen molar-refractivity contribution in [2.75, 3.05) is 39.0 Å². The molecule has 8 heteroatoms. The van der Waals surface area contributed by atoms with E-state index in [1.807, 2.05) is 42.5 Å². The molecule has 0 aliphatic carbocycles. The third-order valence-corrected chi connectivity index (χ3v) is 5.33. The van der Waals surface area contributed by atoms with Crippen molar-refractivity contribution in [3.63, 3.8) is 0 Å². The first-order chi connectivity index (χ1) is 14.2. The largest absolute Gasteiger partial charge is 0.360 e. The van der Waals surface area contributed by atoms with Crippen LogP contribution in [0.1, 0.15) is 15.9 Å². The molecular weight excluding hydrogens is 384 g/mol. The minimum Gasteiger partial charge on any atom is -0.360 e. The summed E-state index contributed by atoms with van der Waals surface area (Å²) in [6.45, 7) is 2.19. The zero-order valence-electron chi connectivity index (χ0n) is 16.7. The van der Waals surface area contributed by atoms with Gasteiger partial charge in [-0.15, -0.1) is 0 Å². The SMILES string of the molecule is CN=C(NCCNc1nc2ccccc2s1)NCCc1cccc(C(=O)NC)c1. The number of anilines is 1. The second kappa shape index (κ2) is 10.4. The molecular formula is C21H26N6OS. The highest BCUT2D eigenvalue weighted by molar-refractivity contribution is 7.22. The summed E-state index contributed by atoms with van der Waals surface area (Å²) in [5.41, 5.74) is 2.80. The number of fused-ring (bicyclic) bond motifs is 1. The number of para-hydroxylation sites is 1. The van der Waals surface area contributed by atoms with E-state index in [1.165, 1.54) is 4.70 Å². The zero-order valence-corrected chi connectivity index (χ0v) is 17.5. The highest BCUT2D eigenvalue weighted by atomic mass is 32.1. The van der Waals surface area contributed by atoms with Crippen LogP contribution in [0.15, 0.2) is 53.5 Å². The summed E-state index contributed by atoms with van der Waals surface area (Å²) in [6.07, 6.45) is 0.801. The molecule has 7 nitrogen and oxygen atoms in total. The van der Waals surface area contributed by atoms with Crippen LogP contribution in [-0.2, 0) is 6.42 Å². The molecule has 1 amide bonds. The van der Waals surface area contributed by atoms with E-state index in [0.29, 0.717) is 5.56 Å². The number of rotatable bonds is 8. The third-order valence-electron chi connectivity index (χ3n) is 4.33. The fraction of sp³-hybridized carbons (Fsp3) is 0.286. The summed E-state index contributed by atoms with van der Waals surface area (Å²) < 4.78 is 1.18. The van der Waals surface area contributed by atoms with Crippen LogP contribution in [0.5, 0.6) is 0 Å². The summed E-state index contributed by atoms with van der Waals surface area (Å²) >= 11 is 1.65. The molecule has 2 aromatic carbocycles. The fourth-order valence-corrected chi connectivity index (χ4v) is 3.75. The normalized spacial score (nSPS) is 11.3. The summed E-state index contributed by atoms with van der Waals surface area (Å²) in [6, 6.07) is 15.8. The summed E-state index contributed by atoms with van der Waals surface area (Å²) in [4.78, 5) is 20.5. The maximum absolute atomic E-state index is 11.7. The highest BCUT2D eigenvalue weighted by Gasteiger charge is 2.05. The number of hydrogen-bond donors (Lipinski definition) is 4. The molecule has 152 valence electrons. The Hall–Kier alpha value is -3.13. The van der Waals surface area contributed by atoms with Crippen molar-refractivity contribution < 1.29 is 4.79 Å². The minimum absolute atomic E-state index is 0.0714. The van der Waals surface area contributed by atoms with Gasteiger partial charge in [-0.2, -0.15) is 0 Å². The van der Waals surface area contributed by atoms with Crippen LogP contribution in [0.3, 0.4) is 0 Å². The van der Waals surface area contributed by atoms with E-state index >= 15 is 0 Å². The first-order valence-electron chi connectivity index (χ1n) is 9.54. The van der Waals surface area contributed by atoms with Crippen molar-refractivity contribution in [2.45, 2.75) is 6.42 Å².